The maximum Gasteiger partial charge on any atom is 0.416 e. The van der Waals surface area contributed by atoms with Gasteiger partial charge >= 0.3 is 6.18 Å². The van der Waals surface area contributed by atoms with Crippen molar-refractivity contribution >= 4 is 33.0 Å². The van der Waals surface area contributed by atoms with Crippen LogP contribution in [0.3, 0.4) is 0 Å². The number of alkyl halides is 3. The molecule has 0 unspecified atom stereocenters. The van der Waals surface area contributed by atoms with Crippen molar-refractivity contribution < 1.29 is 30.8 Å². The number of benzene rings is 2. The lowest BCUT2D eigenvalue weighted by Crippen LogP contribution is -2.17. The quantitative estimate of drug-likeness (QED) is 0.432. The van der Waals surface area contributed by atoms with Gasteiger partial charge in [0.25, 0.3) is 5.91 Å². The second-order valence-electron chi connectivity index (χ2n) is 7.03. The lowest BCUT2D eigenvalue weighted by Gasteiger charge is -2.15. The molecule has 0 aliphatic heterocycles. The summed E-state index contributed by atoms with van der Waals surface area (Å²) < 4.78 is 77.7. The molecular weight excluding hydrogens is 464 g/mol. The number of amides is 1. The van der Waals surface area contributed by atoms with Crippen LogP contribution < -0.4 is 15.4 Å². The van der Waals surface area contributed by atoms with Crippen LogP contribution in [0.25, 0.3) is 0 Å². The molecule has 0 radical (unpaired) electrons. The zero-order valence-corrected chi connectivity index (χ0v) is 17.9. The summed E-state index contributed by atoms with van der Waals surface area (Å²) >= 11 is 0. The Morgan fingerprint density at radius 1 is 1.03 bits per heavy atom. The van der Waals surface area contributed by atoms with Gasteiger partial charge in [-0.1, -0.05) is 12.1 Å². The standard InChI is InChI=1S/C21H18F4N4O3S/c1-33(31,32)29-17-9-14(21(23,24)25)8-16(10-17)28-20(30)18-12-26-7-6-19(18)27-11-13-2-4-15(22)5-3-13/h2-10,12,29H,11H2,1H3,(H,26,27)(H,28,30). The average Bonchev–Trinajstić information content (AvgIpc) is 2.71. The van der Waals surface area contributed by atoms with Crippen LogP contribution in [-0.2, 0) is 22.7 Å². The number of carbonyl (C=O) groups excluding carboxylic acids is 1. The first-order chi connectivity index (χ1) is 15.4. The highest BCUT2D eigenvalue weighted by Crippen LogP contribution is 2.34. The lowest BCUT2D eigenvalue weighted by molar-refractivity contribution is -0.137. The second-order valence-corrected chi connectivity index (χ2v) is 8.77. The number of hydrogen-bond donors (Lipinski definition) is 3. The van der Waals surface area contributed by atoms with E-state index in [1.807, 2.05) is 4.72 Å². The second kappa shape index (κ2) is 9.45. The molecule has 3 rings (SSSR count). The summed E-state index contributed by atoms with van der Waals surface area (Å²) in [5, 5.41) is 5.34. The molecule has 0 atom stereocenters. The van der Waals surface area contributed by atoms with E-state index < -0.39 is 33.5 Å². The fourth-order valence-electron chi connectivity index (χ4n) is 2.86. The van der Waals surface area contributed by atoms with Gasteiger partial charge < -0.3 is 10.6 Å². The van der Waals surface area contributed by atoms with Gasteiger partial charge in [-0.25, -0.2) is 12.8 Å². The van der Waals surface area contributed by atoms with Crippen LogP contribution in [0.4, 0.5) is 34.6 Å². The molecule has 0 saturated carbocycles. The number of aromatic nitrogens is 1. The summed E-state index contributed by atoms with van der Waals surface area (Å²) in [5.41, 5.74) is -0.665. The Morgan fingerprint density at radius 3 is 2.33 bits per heavy atom. The normalized spacial score (nSPS) is 11.7. The van der Waals surface area contributed by atoms with Gasteiger partial charge in [0.1, 0.15) is 5.82 Å². The van der Waals surface area contributed by atoms with Gasteiger partial charge in [0, 0.05) is 24.6 Å². The molecule has 0 saturated heterocycles. The van der Waals surface area contributed by atoms with Gasteiger partial charge in [0.05, 0.1) is 28.8 Å². The molecule has 1 aromatic heterocycles. The zero-order chi connectivity index (χ0) is 24.2. The van der Waals surface area contributed by atoms with E-state index in [2.05, 4.69) is 15.6 Å². The lowest BCUT2D eigenvalue weighted by atomic mass is 10.1. The van der Waals surface area contributed by atoms with Gasteiger partial charge in [0.15, 0.2) is 0 Å². The monoisotopic (exact) mass is 482 g/mol. The van der Waals surface area contributed by atoms with E-state index in [1.165, 1.54) is 30.6 Å². The minimum Gasteiger partial charge on any atom is -0.380 e. The number of sulfonamides is 1. The molecule has 0 aliphatic carbocycles. The van der Waals surface area contributed by atoms with Crippen molar-refractivity contribution in [3.8, 4) is 0 Å². The Balaban J connectivity index is 1.85. The van der Waals surface area contributed by atoms with E-state index in [0.717, 1.165) is 17.9 Å². The fourth-order valence-corrected chi connectivity index (χ4v) is 3.41. The summed E-state index contributed by atoms with van der Waals surface area (Å²) in [4.78, 5) is 16.7. The molecule has 2 aromatic carbocycles. The Bertz CT molecular complexity index is 1260. The molecule has 7 nitrogen and oxygen atoms in total. The minimum atomic E-state index is -4.77. The highest BCUT2D eigenvalue weighted by molar-refractivity contribution is 7.92. The van der Waals surface area contributed by atoms with Gasteiger partial charge in [-0.3, -0.25) is 14.5 Å². The maximum atomic E-state index is 13.3. The molecule has 174 valence electrons. The summed E-state index contributed by atoms with van der Waals surface area (Å²) in [5.74, 6) is -1.16. The highest BCUT2D eigenvalue weighted by Gasteiger charge is 2.31. The Kier molecular flexibility index (Phi) is 6.86. The summed E-state index contributed by atoms with van der Waals surface area (Å²) in [6.07, 6.45) is -1.33. The van der Waals surface area contributed by atoms with E-state index in [-0.39, 0.29) is 23.5 Å². The summed E-state index contributed by atoms with van der Waals surface area (Å²) in [6.45, 7) is 0.247. The third-order valence-electron chi connectivity index (χ3n) is 4.28. The van der Waals surface area contributed by atoms with Crippen molar-refractivity contribution in [2.45, 2.75) is 12.7 Å². The van der Waals surface area contributed by atoms with Gasteiger partial charge in [-0.2, -0.15) is 13.2 Å². The van der Waals surface area contributed by atoms with Crippen LogP contribution in [0.15, 0.2) is 60.9 Å². The summed E-state index contributed by atoms with van der Waals surface area (Å²) in [6, 6.07) is 9.56. The molecular formula is C21H18F4N4O3S. The number of nitrogens with zero attached hydrogens (tertiary/aromatic N) is 1. The Hall–Kier alpha value is -3.67. The van der Waals surface area contributed by atoms with Crippen LogP contribution in [0, 0.1) is 5.82 Å². The molecule has 12 heteroatoms. The van der Waals surface area contributed by atoms with Crippen molar-refractivity contribution in [2.24, 2.45) is 0 Å². The van der Waals surface area contributed by atoms with Gasteiger partial charge in [-0.15, -0.1) is 0 Å². The molecule has 0 fully saturated rings. The van der Waals surface area contributed by atoms with E-state index in [0.29, 0.717) is 17.8 Å². The number of pyridine rings is 1. The fraction of sp³-hybridized carbons (Fsp3) is 0.143. The molecule has 0 spiro atoms. The minimum absolute atomic E-state index is 0.0367. The largest absolute Gasteiger partial charge is 0.416 e. The molecule has 0 aliphatic rings. The Labute approximate surface area is 186 Å². The number of hydrogen-bond acceptors (Lipinski definition) is 5. The zero-order valence-electron chi connectivity index (χ0n) is 17.1. The van der Waals surface area contributed by atoms with Crippen molar-refractivity contribution in [1.82, 2.24) is 4.98 Å². The van der Waals surface area contributed by atoms with Gasteiger partial charge in [-0.05, 0) is 42.0 Å². The van der Waals surface area contributed by atoms with Crippen molar-refractivity contribution in [3.63, 3.8) is 0 Å². The van der Waals surface area contributed by atoms with E-state index >= 15 is 0 Å². The predicted molar refractivity (Wildman–Crippen MR) is 116 cm³/mol. The number of rotatable bonds is 7. The van der Waals surface area contributed by atoms with Crippen LogP contribution in [0.1, 0.15) is 21.5 Å². The van der Waals surface area contributed by atoms with Crippen molar-refractivity contribution in [2.75, 3.05) is 21.6 Å². The average molecular weight is 482 g/mol. The SMILES string of the molecule is CS(=O)(=O)Nc1cc(NC(=O)c2cnccc2NCc2ccc(F)cc2)cc(C(F)(F)F)c1. The maximum absolute atomic E-state index is 13.3. The molecule has 1 amide bonds. The molecule has 0 bridgehead atoms. The van der Waals surface area contributed by atoms with Crippen LogP contribution >= 0.6 is 0 Å². The van der Waals surface area contributed by atoms with Crippen molar-refractivity contribution in [3.05, 3.63) is 83.4 Å². The molecule has 1 heterocycles. The van der Waals surface area contributed by atoms with Crippen LogP contribution in [-0.4, -0.2) is 25.6 Å². The van der Waals surface area contributed by atoms with Crippen LogP contribution in [0.5, 0.6) is 0 Å². The first-order valence-corrected chi connectivity index (χ1v) is 11.2. The molecule has 33 heavy (non-hydrogen) atoms. The first-order valence-electron chi connectivity index (χ1n) is 9.34. The third kappa shape index (κ3) is 6.91. The number of nitrogens with one attached hydrogen (secondary N) is 3. The third-order valence-corrected chi connectivity index (χ3v) is 4.89. The Morgan fingerprint density at radius 2 is 1.70 bits per heavy atom. The first kappa shape index (κ1) is 24.0. The van der Waals surface area contributed by atoms with E-state index in [4.69, 9.17) is 0 Å². The molecule has 3 N–H and O–H groups in total. The van der Waals surface area contributed by atoms with E-state index in [1.54, 1.807) is 12.1 Å². The number of carbonyl (C=O) groups is 1. The molecule has 3 aromatic rings. The predicted octanol–water partition coefficient (Wildman–Crippen LogP) is 4.48. The van der Waals surface area contributed by atoms with E-state index in [9.17, 15) is 30.8 Å². The van der Waals surface area contributed by atoms with Crippen LogP contribution in [0.2, 0.25) is 0 Å². The smallest absolute Gasteiger partial charge is 0.380 e. The number of halogens is 4. The van der Waals surface area contributed by atoms with Crippen molar-refractivity contribution in [1.29, 1.82) is 0 Å². The number of anilines is 3. The highest BCUT2D eigenvalue weighted by atomic mass is 32.2. The topological polar surface area (TPSA) is 100 Å². The summed E-state index contributed by atoms with van der Waals surface area (Å²) in [7, 11) is -3.85. The van der Waals surface area contributed by atoms with Gasteiger partial charge in [0.2, 0.25) is 10.0 Å².